The van der Waals surface area contributed by atoms with Crippen molar-refractivity contribution in [3.05, 3.63) is 66.0 Å². The van der Waals surface area contributed by atoms with E-state index in [1.165, 1.54) is 17.0 Å². The molecule has 1 aromatic heterocycles. The molecule has 0 bridgehead atoms. The molecule has 0 spiro atoms. The number of anilines is 1. The Morgan fingerprint density at radius 1 is 0.949 bits per heavy atom. The molecule has 0 radical (unpaired) electrons. The lowest BCUT2D eigenvalue weighted by atomic mass is 10.1. The normalized spacial score (nSPS) is 13.2. The lowest BCUT2D eigenvalue weighted by Gasteiger charge is -2.36. The van der Waals surface area contributed by atoms with Crippen LogP contribution >= 0.6 is 0 Å². The first-order valence-corrected chi connectivity index (χ1v) is 13.1. The Morgan fingerprint density at radius 3 is 2.33 bits per heavy atom. The van der Waals surface area contributed by atoms with Gasteiger partial charge in [0.25, 0.3) is 5.91 Å². The average Bonchev–Trinajstić information content (AvgIpc) is 2.98. The fourth-order valence-electron chi connectivity index (χ4n) is 4.50. The number of piperazine rings is 1. The third-order valence-corrected chi connectivity index (χ3v) is 6.79. The highest BCUT2D eigenvalue weighted by atomic mass is 19.1. The second-order valence-corrected chi connectivity index (χ2v) is 9.27. The number of hydrogen-bond acceptors (Lipinski definition) is 7. The van der Waals surface area contributed by atoms with Gasteiger partial charge in [0.15, 0.2) is 17.3 Å². The topological polar surface area (TPSA) is 88.1 Å². The van der Waals surface area contributed by atoms with Crippen molar-refractivity contribution < 1.29 is 23.5 Å². The van der Waals surface area contributed by atoms with Crippen molar-refractivity contribution >= 4 is 17.6 Å². The molecule has 0 aliphatic carbocycles. The predicted molar refractivity (Wildman–Crippen MR) is 147 cm³/mol. The van der Waals surface area contributed by atoms with Crippen molar-refractivity contribution in [1.82, 2.24) is 20.0 Å². The molecule has 0 unspecified atom stereocenters. The van der Waals surface area contributed by atoms with Gasteiger partial charge in [-0.3, -0.25) is 9.59 Å². The summed E-state index contributed by atoms with van der Waals surface area (Å²) < 4.78 is 24.9. The minimum absolute atomic E-state index is 0.0127. The van der Waals surface area contributed by atoms with Crippen molar-refractivity contribution in [2.24, 2.45) is 0 Å². The lowest BCUT2D eigenvalue weighted by Crippen LogP contribution is -2.52. The molecular weight excluding hydrogens is 501 g/mol. The second kappa shape index (κ2) is 13.0. The van der Waals surface area contributed by atoms with Gasteiger partial charge in [-0.1, -0.05) is 25.5 Å². The number of unbranched alkanes of at least 4 members (excludes halogenated alkanes) is 1. The number of carbonyl (C=O) groups is 2. The van der Waals surface area contributed by atoms with Gasteiger partial charge in [-0.2, -0.15) is 0 Å². The van der Waals surface area contributed by atoms with Crippen LogP contribution in [-0.4, -0.2) is 85.3 Å². The van der Waals surface area contributed by atoms with E-state index in [1.807, 2.05) is 37.3 Å². The monoisotopic (exact) mass is 535 g/mol. The van der Waals surface area contributed by atoms with Crippen LogP contribution in [-0.2, 0) is 4.79 Å². The predicted octanol–water partition coefficient (Wildman–Crippen LogP) is 3.89. The van der Waals surface area contributed by atoms with Gasteiger partial charge in [0.1, 0.15) is 12.4 Å². The summed E-state index contributed by atoms with van der Waals surface area (Å²) in [6.07, 6.45) is 1.60. The maximum atomic E-state index is 14.2. The third-order valence-electron chi connectivity index (χ3n) is 6.79. The molecule has 2 heterocycles. The largest absolute Gasteiger partial charge is 0.493 e. The van der Waals surface area contributed by atoms with Gasteiger partial charge in [-0.05, 0) is 48.9 Å². The smallest absolute Gasteiger partial charge is 0.257 e. The number of nitrogens with zero attached hydrogens (tertiary/aromatic N) is 5. The van der Waals surface area contributed by atoms with Crippen molar-refractivity contribution in [2.75, 3.05) is 58.4 Å². The number of aromatic nitrogens is 2. The fraction of sp³-hybridized carbons (Fsp3) is 0.379. The van der Waals surface area contributed by atoms with Crippen LogP contribution in [0.15, 0.2) is 54.6 Å². The number of carbonyl (C=O) groups excluding carboxylic acids is 2. The van der Waals surface area contributed by atoms with Gasteiger partial charge in [-0.15, -0.1) is 10.2 Å². The molecule has 206 valence electrons. The maximum absolute atomic E-state index is 14.2. The van der Waals surface area contributed by atoms with Crippen LogP contribution in [0.2, 0.25) is 0 Å². The summed E-state index contributed by atoms with van der Waals surface area (Å²) >= 11 is 0. The van der Waals surface area contributed by atoms with E-state index >= 15 is 0 Å². The molecule has 3 aromatic rings. The van der Waals surface area contributed by atoms with Gasteiger partial charge < -0.3 is 24.2 Å². The number of benzene rings is 2. The Kier molecular flexibility index (Phi) is 9.30. The van der Waals surface area contributed by atoms with E-state index < -0.39 is 11.7 Å². The minimum Gasteiger partial charge on any atom is -0.493 e. The van der Waals surface area contributed by atoms with Crippen LogP contribution in [0.1, 0.15) is 30.1 Å². The molecule has 0 N–H and O–H groups in total. The van der Waals surface area contributed by atoms with E-state index in [0.29, 0.717) is 49.9 Å². The Morgan fingerprint density at radius 2 is 1.69 bits per heavy atom. The van der Waals surface area contributed by atoms with Crippen LogP contribution in [0.4, 0.5) is 10.2 Å². The standard InChI is InChI=1S/C29H34FN5O4/c1-4-5-14-35(29(37)22-8-6-7-9-23(22)30)20-28(36)34-17-15-33(16-18-34)27-13-11-24(31-32-27)21-10-12-25(38-2)26(19-21)39-3/h6-13,19H,4-5,14-18,20H2,1-3H3. The third kappa shape index (κ3) is 6.63. The molecule has 10 heteroatoms. The van der Waals surface area contributed by atoms with Crippen molar-refractivity contribution in [3.63, 3.8) is 0 Å². The molecule has 1 saturated heterocycles. The van der Waals surface area contributed by atoms with Crippen LogP contribution in [0.25, 0.3) is 11.3 Å². The number of ether oxygens (including phenoxy) is 2. The Hall–Kier alpha value is -4.21. The average molecular weight is 536 g/mol. The number of halogens is 1. The summed E-state index contributed by atoms with van der Waals surface area (Å²) in [5, 5.41) is 8.79. The quantitative estimate of drug-likeness (QED) is 0.389. The van der Waals surface area contributed by atoms with Gasteiger partial charge in [-0.25, -0.2) is 4.39 Å². The highest BCUT2D eigenvalue weighted by molar-refractivity contribution is 5.96. The molecule has 2 aromatic carbocycles. The zero-order valence-corrected chi connectivity index (χ0v) is 22.6. The number of rotatable bonds is 10. The molecule has 39 heavy (non-hydrogen) atoms. The molecule has 0 atom stereocenters. The van der Waals surface area contributed by atoms with E-state index in [9.17, 15) is 14.0 Å². The first kappa shape index (κ1) is 27.8. The number of amides is 2. The van der Waals surface area contributed by atoms with E-state index in [1.54, 1.807) is 31.3 Å². The van der Waals surface area contributed by atoms with Crippen molar-refractivity contribution in [3.8, 4) is 22.8 Å². The summed E-state index contributed by atoms with van der Waals surface area (Å²) in [5.41, 5.74) is 1.56. The lowest BCUT2D eigenvalue weighted by molar-refractivity contribution is -0.132. The van der Waals surface area contributed by atoms with Crippen LogP contribution in [0.5, 0.6) is 11.5 Å². The molecule has 1 aliphatic heterocycles. The van der Waals surface area contributed by atoms with E-state index in [0.717, 1.165) is 24.2 Å². The molecule has 0 saturated carbocycles. The highest BCUT2D eigenvalue weighted by Crippen LogP contribution is 2.31. The van der Waals surface area contributed by atoms with E-state index in [4.69, 9.17) is 9.47 Å². The first-order valence-electron chi connectivity index (χ1n) is 13.1. The first-order chi connectivity index (χ1) is 18.9. The van der Waals surface area contributed by atoms with Crippen LogP contribution in [0, 0.1) is 5.82 Å². The van der Waals surface area contributed by atoms with E-state index in [2.05, 4.69) is 15.1 Å². The fourth-order valence-corrected chi connectivity index (χ4v) is 4.50. The molecule has 9 nitrogen and oxygen atoms in total. The van der Waals surface area contributed by atoms with Gasteiger partial charge in [0.05, 0.1) is 25.5 Å². The van der Waals surface area contributed by atoms with Crippen LogP contribution in [0.3, 0.4) is 0 Å². The highest BCUT2D eigenvalue weighted by Gasteiger charge is 2.26. The summed E-state index contributed by atoms with van der Waals surface area (Å²) in [7, 11) is 3.18. The summed E-state index contributed by atoms with van der Waals surface area (Å²) in [6.45, 7) is 4.50. The summed E-state index contributed by atoms with van der Waals surface area (Å²) in [4.78, 5) is 31.4. The maximum Gasteiger partial charge on any atom is 0.257 e. The van der Waals surface area contributed by atoms with Crippen LogP contribution < -0.4 is 14.4 Å². The van der Waals surface area contributed by atoms with E-state index in [-0.39, 0.29) is 18.0 Å². The van der Waals surface area contributed by atoms with Gasteiger partial charge in [0.2, 0.25) is 5.91 Å². The Bertz CT molecular complexity index is 1280. The number of methoxy groups -OCH3 is 2. The molecule has 2 amide bonds. The zero-order valence-electron chi connectivity index (χ0n) is 22.6. The Balaban J connectivity index is 1.36. The minimum atomic E-state index is -0.580. The zero-order chi connectivity index (χ0) is 27.8. The summed E-state index contributed by atoms with van der Waals surface area (Å²) in [6, 6.07) is 15.3. The molecular formula is C29H34FN5O4. The Labute approximate surface area is 228 Å². The van der Waals surface area contributed by atoms with Crippen molar-refractivity contribution in [2.45, 2.75) is 19.8 Å². The summed E-state index contributed by atoms with van der Waals surface area (Å²) in [5.74, 6) is 0.798. The molecule has 4 rings (SSSR count). The van der Waals surface area contributed by atoms with Crippen molar-refractivity contribution in [1.29, 1.82) is 0 Å². The number of hydrogen-bond donors (Lipinski definition) is 0. The second-order valence-electron chi connectivity index (χ2n) is 9.27. The molecule has 1 aliphatic rings. The van der Waals surface area contributed by atoms with Gasteiger partial charge in [0, 0.05) is 38.3 Å². The van der Waals surface area contributed by atoms with Gasteiger partial charge >= 0.3 is 0 Å². The SMILES string of the molecule is CCCCN(CC(=O)N1CCN(c2ccc(-c3ccc(OC)c(OC)c3)nn2)CC1)C(=O)c1ccccc1F. The molecule has 1 fully saturated rings.